The van der Waals surface area contributed by atoms with E-state index in [0.717, 1.165) is 11.1 Å². The minimum atomic E-state index is -0.0517. The predicted molar refractivity (Wildman–Crippen MR) is 80.0 cm³/mol. The van der Waals surface area contributed by atoms with Gasteiger partial charge < -0.3 is 15.5 Å². The number of nitrogens with zero attached hydrogens (tertiary/aromatic N) is 2. The van der Waals surface area contributed by atoms with Crippen LogP contribution in [0.25, 0.3) is 0 Å². The Kier molecular flexibility index (Phi) is 4.34. The van der Waals surface area contributed by atoms with Crippen molar-refractivity contribution in [1.82, 2.24) is 9.80 Å². The Morgan fingerprint density at radius 1 is 1.20 bits per heavy atom. The van der Waals surface area contributed by atoms with Gasteiger partial charge in [-0.1, -0.05) is 36.5 Å². The van der Waals surface area contributed by atoms with E-state index in [1.807, 2.05) is 31.2 Å². The minimum absolute atomic E-state index is 0.0279. The zero-order valence-electron chi connectivity index (χ0n) is 11.3. The first kappa shape index (κ1) is 14.5. The molecule has 1 saturated heterocycles. The fourth-order valence-electron chi connectivity index (χ4n) is 2.24. The molecule has 1 aliphatic rings. The number of amides is 2. The van der Waals surface area contributed by atoms with E-state index in [4.69, 9.17) is 18.0 Å². The molecule has 1 aromatic carbocycles. The Morgan fingerprint density at radius 3 is 2.45 bits per heavy atom. The maximum absolute atomic E-state index is 12.1. The molecule has 20 heavy (non-hydrogen) atoms. The number of rotatable bonds is 4. The third kappa shape index (κ3) is 2.96. The van der Waals surface area contributed by atoms with E-state index in [9.17, 15) is 9.59 Å². The second-order valence-electron chi connectivity index (χ2n) is 4.68. The number of benzene rings is 1. The second kappa shape index (κ2) is 6.00. The van der Waals surface area contributed by atoms with Gasteiger partial charge in [0.15, 0.2) is 0 Å². The van der Waals surface area contributed by atoms with Crippen LogP contribution in [0.3, 0.4) is 0 Å². The molecule has 2 N–H and O–H groups in total. The maximum atomic E-state index is 12.1. The highest BCUT2D eigenvalue weighted by atomic mass is 32.1. The number of carbonyl (C=O) groups is 2. The summed E-state index contributed by atoms with van der Waals surface area (Å²) in [5, 5.41) is 0. The van der Waals surface area contributed by atoms with Crippen molar-refractivity contribution >= 4 is 29.0 Å². The normalized spacial score (nSPS) is 15.7. The summed E-state index contributed by atoms with van der Waals surface area (Å²) in [7, 11) is 0. The highest BCUT2D eigenvalue weighted by Gasteiger charge is 2.29. The van der Waals surface area contributed by atoms with Crippen LogP contribution in [0.15, 0.2) is 24.3 Å². The van der Waals surface area contributed by atoms with Gasteiger partial charge in [0, 0.05) is 18.7 Å². The Labute approximate surface area is 123 Å². The topological polar surface area (TPSA) is 66.6 Å². The minimum Gasteiger partial charge on any atom is -0.389 e. The van der Waals surface area contributed by atoms with Crippen LogP contribution in [-0.2, 0) is 16.1 Å². The number of hydrogen-bond donors (Lipinski definition) is 1. The van der Waals surface area contributed by atoms with Gasteiger partial charge in [0.1, 0.15) is 11.5 Å². The lowest BCUT2D eigenvalue weighted by Crippen LogP contribution is -2.53. The fraction of sp³-hybridized carbons (Fsp3) is 0.357. The molecule has 1 aromatic rings. The van der Waals surface area contributed by atoms with E-state index in [1.54, 1.807) is 9.80 Å². The van der Waals surface area contributed by atoms with Crippen LogP contribution in [0.4, 0.5) is 0 Å². The Hall–Kier alpha value is -1.95. The van der Waals surface area contributed by atoms with Crippen molar-refractivity contribution in [3.8, 4) is 0 Å². The lowest BCUT2D eigenvalue weighted by atomic mass is 10.1. The van der Waals surface area contributed by atoms with E-state index in [1.165, 1.54) is 0 Å². The fourth-order valence-corrected chi connectivity index (χ4v) is 2.44. The zero-order chi connectivity index (χ0) is 14.7. The van der Waals surface area contributed by atoms with E-state index in [-0.39, 0.29) is 24.9 Å². The van der Waals surface area contributed by atoms with Crippen LogP contribution >= 0.6 is 12.2 Å². The quantitative estimate of drug-likeness (QED) is 0.821. The van der Waals surface area contributed by atoms with E-state index in [2.05, 4.69) is 0 Å². The van der Waals surface area contributed by atoms with Gasteiger partial charge in [-0.05, 0) is 12.5 Å². The van der Waals surface area contributed by atoms with Gasteiger partial charge in [-0.2, -0.15) is 0 Å². The Morgan fingerprint density at radius 2 is 1.80 bits per heavy atom. The van der Waals surface area contributed by atoms with Crippen molar-refractivity contribution in [3.05, 3.63) is 35.4 Å². The Bertz CT molecular complexity index is 559. The monoisotopic (exact) mass is 291 g/mol. The lowest BCUT2D eigenvalue weighted by molar-refractivity contribution is -0.150. The van der Waals surface area contributed by atoms with Crippen molar-refractivity contribution in [2.75, 3.05) is 19.6 Å². The lowest BCUT2D eigenvalue weighted by Gasteiger charge is -2.33. The zero-order valence-corrected chi connectivity index (χ0v) is 12.2. The molecular formula is C14H17N3O2S. The molecule has 0 aromatic heterocycles. The third-order valence-corrected chi connectivity index (χ3v) is 3.60. The van der Waals surface area contributed by atoms with Crippen LogP contribution in [0.2, 0.25) is 0 Å². The smallest absolute Gasteiger partial charge is 0.242 e. The second-order valence-corrected chi connectivity index (χ2v) is 5.12. The van der Waals surface area contributed by atoms with Gasteiger partial charge in [0.05, 0.1) is 6.54 Å². The average molecular weight is 291 g/mol. The van der Waals surface area contributed by atoms with Gasteiger partial charge in [-0.3, -0.25) is 9.59 Å². The van der Waals surface area contributed by atoms with E-state index < -0.39 is 0 Å². The molecule has 0 atom stereocenters. The summed E-state index contributed by atoms with van der Waals surface area (Å²) in [4.78, 5) is 27.3. The molecule has 5 nitrogen and oxygen atoms in total. The van der Waals surface area contributed by atoms with Gasteiger partial charge >= 0.3 is 0 Å². The molecule has 2 rings (SSSR count). The first-order valence-electron chi connectivity index (χ1n) is 6.46. The summed E-state index contributed by atoms with van der Waals surface area (Å²) in [5.74, 6) is -0.0795. The molecule has 0 aliphatic carbocycles. The van der Waals surface area contributed by atoms with Crippen molar-refractivity contribution in [2.24, 2.45) is 5.73 Å². The SMILES string of the molecule is CCN1CC(=O)N(Cc2ccccc2C(N)=S)CC1=O. The molecule has 0 spiro atoms. The molecule has 6 heteroatoms. The first-order chi connectivity index (χ1) is 9.52. The summed E-state index contributed by atoms with van der Waals surface area (Å²) in [6.45, 7) is 3.03. The van der Waals surface area contributed by atoms with Crippen LogP contribution in [0, 0.1) is 0 Å². The number of thiocarbonyl (C=S) groups is 1. The Balaban J connectivity index is 2.17. The summed E-state index contributed by atoms with van der Waals surface area (Å²) in [6.07, 6.45) is 0. The maximum Gasteiger partial charge on any atom is 0.242 e. The summed E-state index contributed by atoms with van der Waals surface area (Å²) >= 11 is 5.01. The number of likely N-dealkylation sites (N-methyl/N-ethyl adjacent to an activating group) is 1. The van der Waals surface area contributed by atoms with Crippen LogP contribution in [0.1, 0.15) is 18.1 Å². The number of carbonyl (C=O) groups excluding carboxylic acids is 2. The van der Waals surface area contributed by atoms with E-state index in [0.29, 0.717) is 18.1 Å². The molecule has 1 aliphatic heterocycles. The molecule has 106 valence electrons. The standard InChI is InChI=1S/C14H17N3O2S/c1-2-16-8-13(19)17(9-12(16)18)7-10-5-3-4-6-11(10)14(15)20/h3-6H,2,7-9H2,1H3,(H2,15,20). The molecule has 1 heterocycles. The van der Waals surface area contributed by atoms with Crippen molar-refractivity contribution in [2.45, 2.75) is 13.5 Å². The van der Waals surface area contributed by atoms with Crippen molar-refractivity contribution in [1.29, 1.82) is 0 Å². The highest BCUT2D eigenvalue weighted by molar-refractivity contribution is 7.80. The van der Waals surface area contributed by atoms with Crippen LogP contribution in [-0.4, -0.2) is 46.2 Å². The molecular weight excluding hydrogens is 274 g/mol. The number of hydrogen-bond acceptors (Lipinski definition) is 3. The molecule has 0 bridgehead atoms. The van der Waals surface area contributed by atoms with Crippen LogP contribution < -0.4 is 5.73 Å². The summed E-state index contributed by atoms with van der Waals surface area (Å²) in [5.41, 5.74) is 7.30. The largest absolute Gasteiger partial charge is 0.389 e. The predicted octanol–water partition coefficient (Wildman–Crippen LogP) is 0.511. The van der Waals surface area contributed by atoms with Crippen molar-refractivity contribution in [3.63, 3.8) is 0 Å². The number of nitrogens with two attached hydrogens (primary N) is 1. The number of piperazine rings is 1. The van der Waals surface area contributed by atoms with Crippen LogP contribution in [0.5, 0.6) is 0 Å². The molecule has 0 unspecified atom stereocenters. The molecule has 0 saturated carbocycles. The van der Waals surface area contributed by atoms with Gasteiger partial charge in [-0.25, -0.2) is 0 Å². The molecule has 2 amide bonds. The van der Waals surface area contributed by atoms with Gasteiger partial charge in [-0.15, -0.1) is 0 Å². The highest BCUT2D eigenvalue weighted by Crippen LogP contribution is 2.14. The first-order valence-corrected chi connectivity index (χ1v) is 6.87. The summed E-state index contributed by atoms with van der Waals surface area (Å²) in [6, 6.07) is 7.41. The molecule has 1 fully saturated rings. The van der Waals surface area contributed by atoms with Gasteiger partial charge in [0.25, 0.3) is 0 Å². The van der Waals surface area contributed by atoms with E-state index >= 15 is 0 Å². The van der Waals surface area contributed by atoms with Gasteiger partial charge in [0.2, 0.25) is 11.8 Å². The summed E-state index contributed by atoms with van der Waals surface area (Å²) < 4.78 is 0. The third-order valence-electron chi connectivity index (χ3n) is 3.38. The molecule has 0 radical (unpaired) electrons. The average Bonchev–Trinajstić information content (AvgIpc) is 2.42. The van der Waals surface area contributed by atoms with Crippen molar-refractivity contribution < 1.29 is 9.59 Å².